The van der Waals surface area contributed by atoms with Gasteiger partial charge in [0.2, 0.25) is 0 Å². The second-order valence-corrected chi connectivity index (χ2v) is 5.73. The van der Waals surface area contributed by atoms with Crippen molar-refractivity contribution >= 4 is 15.9 Å². The van der Waals surface area contributed by atoms with Crippen molar-refractivity contribution in [2.75, 3.05) is 6.61 Å². The van der Waals surface area contributed by atoms with Crippen LogP contribution in [0.15, 0.2) is 28.7 Å². The molecule has 16 heavy (non-hydrogen) atoms. The maximum absolute atomic E-state index is 9.24. The molecule has 1 saturated carbocycles. The molecule has 0 amide bonds. The van der Waals surface area contributed by atoms with Gasteiger partial charge in [-0.05, 0) is 43.9 Å². The molecule has 1 aromatic rings. The molecule has 0 radical (unpaired) electrons. The average Bonchev–Trinajstić information content (AvgIpc) is 3.02. The third-order valence-corrected chi connectivity index (χ3v) is 3.69. The van der Waals surface area contributed by atoms with Crippen LogP contribution in [0.25, 0.3) is 0 Å². The molecular weight excluding hydrogens is 266 g/mol. The van der Waals surface area contributed by atoms with Crippen LogP contribution in [0, 0.1) is 0 Å². The van der Waals surface area contributed by atoms with Crippen molar-refractivity contribution in [3.8, 4) is 0 Å². The van der Waals surface area contributed by atoms with E-state index in [4.69, 9.17) is 0 Å². The highest BCUT2D eigenvalue weighted by Crippen LogP contribution is 2.35. The molecule has 1 unspecified atom stereocenters. The van der Waals surface area contributed by atoms with Crippen LogP contribution in [0.1, 0.15) is 25.3 Å². The molecule has 0 spiro atoms. The number of aliphatic hydroxyl groups is 1. The van der Waals surface area contributed by atoms with Crippen LogP contribution < -0.4 is 5.32 Å². The number of nitrogens with one attached hydrogen (secondary N) is 1. The van der Waals surface area contributed by atoms with Crippen LogP contribution in [-0.4, -0.2) is 23.3 Å². The number of hydrogen-bond donors (Lipinski definition) is 2. The number of rotatable bonds is 5. The lowest BCUT2D eigenvalue weighted by Gasteiger charge is -2.21. The number of benzene rings is 1. The fourth-order valence-electron chi connectivity index (χ4n) is 2.05. The molecule has 2 nitrogen and oxygen atoms in total. The van der Waals surface area contributed by atoms with Crippen molar-refractivity contribution < 1.29 is 5.11 Å². The van der Waals surface area contributed by atoms with E-state index in [1.54, 1.807) is 0 Å². The maximum Gasteiger partial charge on any atom is 0.0613 e. The number of hydrogen-bond acceptors (Lipinski definition) is 2. The minimum Gasteiger partial charge on any atom is -0.394 e. The van der Waals surface area contributed by atoms with Crippen LogP contribution in [0.5, 0.6) is 0 Å². The highest BCUT2D eigenvalue weighted by Gasteiger charge is 2.42. The Labute approximate surface area is 105 Å². The van der Waals surface area contributed by atoms with Crippen molar-refractivity contribution in [1.29, 1.82) is 0 Å². The molecule has 0 heterocycles. The second kappa shape index (κ2) is 4.86. The van der Waals surface area contributed by atoms with Gasteiger partial charge in [0.25, 0.3) is 0 Å². The van der Waals surface area contributed by atoms with Gasteiger partial charge in [0.05, 0.1) is 6.61 Å². The molecule has 0 saturated heterocycles. The van der Waals surface area contributed by atoms with Crippen molar-refractivity contribution in [3.63, 3.8) is 0 Å². The summed E-state index contributed by atoms with van der Waals surface area (Å²) in [7, 11) is 0. The lowest BCUT2D eigenvalue weighted by Crippen LogP contribution is -2.42. The molecule has 1 fully saturated rings. The summed E-state index contributed by atoms with van der Waals surface area (Å²) in [5.41, 5.74) is 1.37. The Morgan fingerprint density at radius 2 is 2.00 bits per heavy atom. The number of aliphatic hydroxyl groups excluding tert-OH is 1. The Morgan fingerprint density at radius 3 is 2.50 bits per heavy atom. The first-order valence-electron chi connectivity index (χ1n) is 5.77. The zero-order valence-electron chi connectivity index (χ0n) is 9.54. The standard InChI is InChI=1S/C13H18BrNO/c1-10(15-13(9-16)6-7-13)8-11-2-4-12(14)5-3-11/h2-5,10,15-16H,6-9H2,1H3. The van der Waals surface area contributed by atoms with E-state index in [0.29, 0.717) is 6.04 Å². The first kappa shape index (κ1) is 12.1. The molecule has 0 aromatic heterocycles. The highest BCUT2D eigenvalue weighted by molar-refractivity contribution is 9.10. The van der Waals surface area contributed by atoms with Crippen molar-refractivity contribution in [2.45, 2.75) is 37.8 Å². The van der Waals surface area contributed by atoms with Crippen LogP contribution >= 0.6 is 15.9 Å². The summed E-state index contributed by atoms with van der Waals surface area (Å²) in [4.78, 5) is 0. The molecule has 3 heteroatoms. The van der Waals surface area contributed by atoms with Gasteiger partial charge in [0.1, 0.15) is 0 Å². The summed E-state index contributed by atoms with van der Waals surface area (Å²) in [6.45, 7) is 2.44. The molecule has 1 aliphatic carbocycles. The molecule has 2 N–H and O–H groups in total. The smallest absolute Gasteiger partial charge is 0.0613 e. The van der Waals surface area contributed by atoms with E-state index >= 15 is 0 Å². The summed E-state index contributed by atoms with van der Waals surface area (Å²) in [5.74, 6) is 0. The van der Waals surface area contributed by atoms with Crippen LogP contribution in [-0.2, 0) is 6.42 Å². The molecule has 1 aromatic carbocycles. The SMILES string of the molecule is CC(Cc1ccc(Br)cc1)NC1(CO)CC1. The van der Waals surface area contributed by atoms with Crippen LogP contribution in [0.4, 0.5) is 0 Å². The topological polar surface area (TPSA) is 32.3 Å². The van der Waals surface area contributed by atoms with Crippen molar-refractivity contribution in [3.05, 3.63) is 34.3 Å². The van der Waals surface area contributed by atoms with Gasteiger partial charge in [0, 0.05) is 16.1 Å². The summed E-state index contributed by atoms with van der Waals surface area (Å²) in [5, 5.41) is 12.8. The Balaban J connectivity index is 1.87. The Hall–Kier alpha value is -0.380. The van der Waals surface area contributed by atoms with Crippen LogP contribution in [0.3, 0.4) is 0 Å². The van der Waals surface area contributed by atoms with Gasteiger partial charge in [-0.2, -0.15) is 0 Å². The van der Waals surface area contributed by atoms with Gasteiger partial charge in [-0.3, -0.25) is 0 Å². The highest BCUT2D eigenvalue weighted by atomic mass is 79.9. The van der Waals surface area contributed by atoms with Gasteiger partial charge in [0.15, 0.2) is 0 Å². The Kier molecular flexibility index (Phi) is 3.67. The van der Waals surface area contributed by atoms with E-state index in [2.05, 4.69) is 52.4 Å². The van der Waals surface area contributed by atoms with E-state index in [0.717, 1.165) is 23.7 Å². The van der Waals surface area contributed by atoms with Gasteiger partial charge in [-0.25, -0.2) is 0 Å². The normalized spacial score (nSPS) is 19.4. The minimum absolute atomic E-state index is 0.0365. The Morgan fingerprint density at radius 1 is 1.38 bits per heavy atom. The summed E-state index contributed by atoms with van der Waals surface area (Å²) < 4.78 is 1.12. The minimum atomic E-state index is 0.0365. The first-order chi connectivity index (χ1) is 7.63. The van der Waals surface area contributed by atoms with Crippen molar-refractivity contribution in [2.24, 2.45) is 0 Å². The van der Waals surface area contributed by atoms with Gasteiger partial charge < -0.3 is 10.4 Å². The molecular formula is C13H18BrNO. The third kappa shape index (κ3) is 3.06. The van der Waals surface area contributed by atoms with Crippen molar-refractivity contribution in [1.82, 2.24) is 5.32 Å². The summed E-state index contributed by atoms with van der Waals surface area (Å²) >= 11 is 3.43. The monoisotopic (exact) mass is 283 g/mol. The fourth-order valence-corrected chi connectivity index (χ4v) is 2.31. The molecule has 1 aliphatic rings. The van der Waals surface area contributed by atoms with Gasteiger partial charge >= 0.3 is 0 Å². The predicted molar refractivity (Wildman–Crippen MR) is 69.5 cm³/mol. The molecule has 88 valence electrons. The third-order valence-electron chi connectivity index (χ3n) is 3.16. The maximum atomic E-state index is 9.24. The van der Waals surface area contributed by atoms with Crippen LogP contribution in [0.2, 0.25) is 0 Å². The quantitative estimate of drug-likeness (QED) is 0.870. The summed E-state index contributed by atoms with van der Waals surface area (Å²) in [6, 6.07) is 8.83. The fraction of sp³-hybridized carbons (Fsp3) is 0.538. The number of halogens is 1. The zero-order chi connectivity index (χ0) is 11.6. The molecule has 0 bridgehead atoms. The van der Waals surface area contributed by atoms with E-state index in [-0.39, 0.29) is 12.1 Å². The largest absolute Gasteiger partial charge is 0.394 e. The van der Waals surface area contributed by atoms with E-state index < -0.39 is 0 Å². The molecule has 1 atom stereocenters. The van der Waals surface area contributed by atoms with Gasteiger partial charge in [-0.15, -0.1) is 0 Å². The zero-order valence-corrected chi connectivity index (χ0v) is 11.1. The lowest BCUT2D eigenvalue weighted by molar-refractivity contribution is 0.220. The molecule has 0 aliphatic heterocycles. The Bertz CT molecular complexity index is 345. The molecule has 2 rings (SSSR count). The lowest BCUT2D eigenvalue weighted by atomic mass is 10.1. The summed E-state index contributed by atoms with van der Waals surface area (Å²) in [6.07, 6.45) is 3.22. The van der Waals surface area contributed by atoms with Gasteiger partial charge in [-0.1, -0.05) is 28.1 Å². The second-order valence-electron chi connectivity index (χ2n) is 4.81. The predicted octanol–water partition coefficient (Wildman–Crippen LogP) is 2.49. The van der Waals surface area contributed by atoms with E-state index in [9.17, 15) is 5.11 Å². The van der Waals surface area contributed by atoms with E-state index in [1.807, 2.05) is 0 Å². The first-order valence-corrected chi connectivity index (χ1v) is 6.56. The van der Waals surface area contributed by atoms with E-state index in [1.165, 1.54) is 5.56 Å². The average molecular weight is 284 g/mol.